The van der Waals surface area contributed by atoms with Crippen LogP contribution in [0.15, 0.2) is 57.8 Å². The zero-order valence-electron chi connectivity index (χ0n) is 12.9. The fourth-order valence-electron chi connectivity index (χ4n) is 2.34. The van der Waals surface area contributed by atoms with Gasteiger partial charge < -0.3 is 4.42 Å². The Balaban J connectivity index is 2.12. The minimum Gasteiger partial charge on any atom is -0.440 e. The second kappa shape index (κ2) is 6.39. The average molecular weight is 363 g/mol. The monoisotopic (exact) mass is 362 g/mol. The van der Waals surface area contributed by atoms with E-state index in [2.05, 4.69) is 4.98 Å². The predicted molar refractivity (Wildman–Crippen MR) is 93.1 cm³/mol. The van der Waals surface area contributed by atoms with Crippen molar-refractivity contribution in [1.82, 2.24) is 4.98 Å². The van der Waals surface area contributed by atoms with Gasteiger partial charge in [-0.25, -0.2) is 18.5 Å². The van der Waals surface area contributed by atoms with Crippen LogP contribution in [-0.4, -0.2) is 13.4 Å². The molecule has 0 bridgehead atoms. The SMILES string of the molecule is CCc1nc(-c2cccc(Cl)c2)c(-c2ccc(S(N)(=O)=O)cc2)o1. The van der Waals surface area contributed by atoms with Crippen LogP contribution in [0, 0.1) is 0 Å². The molecule has 0 aliphatic rings. The van der Waals surface area contributed by atoms with E-state index in [1.54, 1.807) is 24.3 Å². The molecule has 0 saturated carbocycles. The van der Waals surface area contributed by atoms with E-state index in [0.29, 0.717) is 34.4 Å². The van der Waals surface area contributed by atoms with Crippen LogP contribution in [0.5, 0.6) is 0 Å². The maximum absolute atomic E-state index is 11.4. The third-order valence-corrected chi connectivity index (χ3v) is 4.68. The molecule has 124 valence electrons. The standard InChI is InChI=1S/C17H15ClN2O3S/c1-2-15-20-16(12-4-3-5-13(18)10-12)17(23-15)11-6-8-14(9-7-11)24(19,21)22/h3-10H,2H2,1H3,(H2,19,21,22). The van der Waals surface area contributed by atoms with E-state index in [1.165, 1.54) is 12.1 Å². The lowest BCUT2D eigenvalue weighted by atomic mass is 10.1. The molecule has 0 amide bonds. The summed E-state index contributed by atoms with van der Waals surface area (Å²) >= 11 is 6.07. The molecule has 0 unspecified atom stereocenters. The first kappa shape index (κ1) is 16.7. The van der Waals surface area contributed by atoms with Crippen LogP contribution in [0.1, 0.15) is 12.8 Å². The van der Waals surface area contributed by atoms with E-state index in [4.69, 9.17) is 21.2 Å². The van der Waals surface area contributed by atoms with Crippen molar-refractivity contribution >= 4 is 21.6 Å². The van der Waals surface area contributed by atoms with Crippen molar-refractivity contribution in [3.8, 4) is 22.6 Å². The molecule has 0 atom stereocenters. The van der Waals surface area contributed by atoms with Gasteiger partial charge in [-0.2, -0.15) is 0 Å². The summed E-state index contributed by atoms with van der Waals surface area (Å²) in [5.74, 6) is 1.16. The van der Waals surface area contributed by atoms with Crippen LogP contribution in [-0.2, 0) is 16.4 Å². The summed E-state index contributed by atoms with van der Waals surface area (Å²) in [4.78, 5) is 4.57. The summed E-state index contributed by atoms with van der Waals surface area (Å²) in [5, 5.41) is 5.73. The molecule has 0 fully saturated rings. The molecule has 2 N–H and O–H groups in total. The predicted octanol–water partition coefficient (Wildman–Crippen LogP) is 3.87. The van der Waals surface area contributed by atoms with Gasteiger partial charge in [0.05, 0.1) is 4.90 Å². The molecule has 1 heterocycles. The van der Waals surface area contributed by atoms with Crippen molar-refractivity contribution in [3.63, 3.8) is 0 Å². The van der Waals surface area contributed by atoms with Crippen LogP contribution in [0.3, 0.4) is 0 Å². The molecule has 0 radical (unpaired) electrons. The van der Waals surface area contributed by atoms with E-state index >= 15 is 0 Å². The van der Waals surface area contributed by atoms with Crippen molar-refractivity contribution in [1.29, 1.82) is 0 Å². The van der Waals surface area contributed by atoms with Crippen molar-refractivity contribution in [2.24, 2.45) is 5.14 Å². The number of benzene rings is 2. The van der Waals surface area contributed by atoms with Gasteiger partial charge in [0.15, 0.2) is 11.7 Å². The van der Waals surface area contributed by atoms with Crippen molar-refractivity contribution in [2.75, 3.05) is 0 Å². The number of halogens is 1. The summed E-state index contributed by atoms with van der Waals surface area (Å²) in [6.07, 6.45) is 0.642. The normalized spacial score (nSPS) is 11.6. The van der Waals surface area contributed by atoms with Crippen molar-refractivity contribution in [2.45, 2.75) is 18.2 Å². The number of hydrogen-bond donors (Lipinski definition) is 1. The van der Waals surface area contributed by atoms with E-state index < -0.39 is 10.0 Å². The highest BCUT2D eigenvalue weighted by atomic mass is 35.5. The smallest absolute Gasteiger partial charge is 0.238 e. The summed E-state index contributed by atoms with van der Waals surface area (Å²) < 4.78 is 28.6. The van der Waals surface area contributed by atoms with Crippen LogP contribution < -0.4 is 5.14 Å². The second-order valence-corrected chi connectivity index (χ2v) is 7.22. The highest BCUT2D eigenvalue weighted by Crippen LogP contribution is 2.34. The zero-order valence-corrected chi connectivity index (χ0v) is 14.4. The summed E-state index contributed by atoms with van der Waals surface area (Å²) in [5.41, 5.74) is 2.21. The first-order chi connectivity index (χ1) is 11.4. The average Bonchev–Trinajstić information content (AvgIpc) is 2.98. The first-order valence-electron chi connectivity index (χ1n) is 7.27. The summed E-state index contributed by atoms with van der Waals surface area (Å²) in [6, 6.07) is 13.5. The van der Waals surface area contributed by atoms with Crippen LogP contribution in [0.4, 0.5) is 0 Å². The number of rotatable bonds is 4. The Hall–Kier alpha value is -2.15. The Morgan fingerprint density at radius 1 is 1.12 bits per heavy atom. The number of oxazole rings is 1. The number of primary sulfonamides is 1. The Bertz CT molecular complexity index is 979. The quantitative estimate of drug-likeness (QED) is 0.763. The number of nitrogens with two attached hydrogens (primary N) is 1. The lowest BCUT2D eigenvalue weighted by Crippen LogP contribution is -2.11. The molecule has 3 aromatic rings. The molecule has 0 aliphatic carbocycles. The number of sulfonamides is 1. The lowest BCUT2D eigenvalue weighted by molar-refractivity contribution is 0.514. The van der Waals surface area contributed by atoms with E-state index in [9.17, 15) is 8.42 Å². The van der Waals surface area contributed by atoms with Crippen LogP contribution in [0.25, 0.3) is 22.6 Å². The van der Waals surface area contributed by atoms with Gasteiger partial charge in [0.1, 0.15) is 5.69 Å². The summed E-state index contributed by atoms with van der Waals surface area (Å²) in [7, 11) is -3.73. The highest BCUT2D eigenvalue weighted by molar-refractivity contribution is 7.89. The Morgan fingerprint density at radius 3 is 2.42 bits per heavy atom. The molecule has 1 aromatic heterocycles. The minimum absolute atomic E-state index is 0.0470. The Labute approximate surface area is 145 Å². The molecule has 0 spiro atoms. The minimum atomic E-state index is -3.73. The van der Waals surface area contributed by atoms with Gasteiger partial charge in [0, 0.05) is 22.6 Å². The molecular formula is C17H15ClN2O3S. The van der Waals surface area contributed by atoms with Gasteiger partial charge in [-0.15, -0.1) is 0 Å². The highest BCUT2D eigenvalue weighted by Gasteiger charge is 2.17. The van der Waals surface area contributed by atoms with Crippen molar-refractivity contribution < 1.29 is 12.8 Å². The van der Waals surface area contributed by atoms with E-state index in [0.717, 1.165) is 5.56 Å². The van der Waals surface area contributed by atoms with Gasteiger partial charge in [-0.05, 0) is 36.4 Å². The molecule has 0 saturated heterocycles. The van der Waals surface area contributed by atoms with E-state index in [-0.39, 0.29) is 4.90 Å². The molecule has 5 nitrogen and oxygen atoms in total. The second-order valence-electron chi connectivity index (χ2n) is 5.22. The molecular weight excluding hydrogens is 348 g/mol. The Kier molecular flexibility index (Phi) is 4.45. The summed E-state index contributed by atoms with van der Waals surface area (Å²) in [6.45, 7) is 1.95. The topological polar surface area (TPSA) is 86.2 Å². The fraction of sp³-hybridized carbons (Fsp3) is 0.118. The molecule has 0 aliphatic heterocycles. The molecule has 3 rings (SSSR count). The number of hydrogen-bond acceptors (Lipinski definition) is 4. The van der Waals surface area contributed by atoms with Crippen LogP contribution in [0.2, 0.25) is 5.02 Å². The maximum atomic E-state index is 11.4. The van der Waals surface area contributed by atoms with Crippen molar-refractivity contribution in [3.05, 3.63) is 59.4 Å². The van der Waals surface area contributed by atoms with Gasteiger partial charge in [-0.1, -0.05) is 30.7 Å². The number of aryl methyl sites for hydroxylation is 1. The Morgan fingerprint density at radius 2 is 1.83 bits per heavy atom. The lowest BCUT2D eigenvalue weighted by Gasteiger charge is -2.03. The van der Waals surface area contributed by atoms with Crippen LogP contribution >= 0.6 is 11.6 Å². The fourth-order valence-corrected chi connectivity index (χ4v) is 3.04. The first-order valence-corrected chi connectivity index (χ1v) is 9.20. The number of aromatic nitrogens is 1. The zero-order chi connectivity index (χ0) is 17.3. The van der Waals surface area contributed by atoms with Gasteiger partial charge >= 0.3 is 0 Å². The third kappa shape index (κ3) is 3.36. The van der Waals surface area contributed by atoms with Gasteiger partial charge in [0.25, 0.3) is 0 Å². The van der Waals surface area contributed by atoms with Gasteiger partial charge in [0.2, 0.25) is 10.0 Å². The van der Waals surface area contributed by atoms with Gasteiger partial charge in [-0.3, -0.25) is 0 Å². The number of nitrogens with zero attached hydrogens (tertiary/aromatic N) is 1. The largest absolute Gasteiger partial charge is 0.440 e. The van der Waals surface area contributed by atoms with E-state index in [1.807, 2.05) is 19.1 Å². The molecule has 7 heteroatoms. The molecule has 24 heavy (non-hydrogen) atoms. The third-order valence-electron chi connectivity index (χ3n) is 3.52. The molecule has 2 aromatic carbocycles. The maximum Gasteiger partial charge on any atom is 0.238 e.